The van der Waals surface area contributed by atoms with Crippen LogP contribution >= 0.6 is 12.6 Å². The zero-order valence-electron chi connectivity index (χ0n) is 9.65. The number of nitrogens with one attached hydrogen (secondary N) is 1. The van der Waals surface area contributed by atoms with Gasteiger partial charge in [0.05, 0.1) is 13.0 Å². The molecule has 1 fully saturated rings. The Balaban J connectivity index is 1.79. The van der Waals surface area contributed by atoms with E-state index in [0.29, 0.717) is 13.0 Å². The number of amides is 1. The quantitative estimate of drug-likeness (QED) is 0.693. The minimum atomic E-state index is -0.0232. The van der Waals surface area contributed by atoms with Gasteiger partial charge in [0.2, 0.25) is 5.91 Å². The maximum Gasteiger partial charge on any atom is 0.224 e. The van der Waals surface area contributed by atoms with Gasteiger partial charge in [-0.1, -0.05) is 12.1 Å². The highest BCUT2D eigenvalue weighted by molar-refractivity contribution is 7.80. The Hall–Kier alpha value is -1.00. The first-order valence-corrected chi connectivity index (χ1v) is 6.24. The van der Waals surface area contributed by atoms with E-state index in [0.717, 1.165) is 23.3 Å². The molecule has 92 valence electrons. The second kappa shape index (κ2) is 5.10. The van der Waals surface area contributed by atoms with Crippen molar-refractivity contribution in [2.24, 2.45) is 5.41 Å². The average Bonchev–Trinajstić information content (AvgIpc) is 3.10. The molecular weight excluding hydrogens is 234 g/mol. The predicted octanol–water partition coefficient (Wildman–Crippen LogP) is 1.41. The van der Waals surface area contributed by atoms with E-state index in [2.05, 4.69) is 17.9 Å². The minimum Gasteiger partial charge on any atom is -0.396 e. The lowest BCUT2D eigenvalue weighted by Crippen LogP contribution is -2.32. The molecule has 1 aromatic carbocycles. The summed E-state index contributed by atoms with van der Waals surface area (Å²) >= 11 is 4.19. The van der Waals surface area contributed by atoms with Crippen molar-refractivity contribution < 1.29 is 9.90 Å². The molecule has 2 rings (SSSR count). The molecule has 3 nitrogen and oxygen atoms in total. The summed E-state index contributed by atoms with van der Waals surface area (Å²) in [7, 11) is 0. The Labute approximate surface area is 107 Å². The molecule has 0 spiro atoms. The van der Waals surface area contributed by atoms with Crippen molar-refractivity contribution in [2.45, 2.75) is 24.2 Å². The normalized spacial score (nSPS) is 16.6. The summed E-state index contributed by atoms with van der Waals surface area (Å²) in [6, 6.07) is 7.56. The molecule has 0 radical (unpaired) electrons. The molecule has 0 aromatic heterocycles. The Morgan fingerprint density at radius 1 is 1.35 bits per heavy atom. The Kier molecular flexibility index (Phi) is 3.74. The summed E-state index contributed by atoms with van der Waals surface area (Å²) in [5.41, 5.74) is 0.957. The molecule has 0 bridgehead atoms. The van der Waals surface area contributed by atoms with Gasteiger partial charge in [0.15, 0.2) is 0 Å². The highest BCUT2D eigenvalue weighted by atomic mass is 32.1. The van der Waals surface area contributed by atoms with Crippen LogP contribution in [0, 0.1) is 5.41 Å². The number of benzene rings is 1. The Morgan fingerprint density at radius 2 is 2.00 bits per heavy atom. The fraction of sp³-hybridized carbons (Fsp3) is 0.462. The molecule has 1 aromatic rings. The van der Waals surface area contributed by atoms with Crippen LogP contribution in [0.1, 0.15) is 18.4 Å². The van der Waals surface area contributed by atoms with Crippen LogP contribution in [0.4, 0.5) is 0 Å². The van der Waals surface area contributed by atoms with Gasteiger partial charge in [-0.3, -0.25) is 4.79 Å². The van der Waals surface area contributed by atoms with Gasteiger partial charge in [0.1, 0.15) is 0 Å². The van der Waals surface area contributed by atoms with E-state index in [9.17, 15) is 4.79 Å². The summed E-state index contributed by atoms with van der Waals surface area (Å²) < 4.78 is 0. The number of thiol groups is 1. The van der Waals surface area contributed by atoms with E-state index in [-0.39, 0.29) is 17.9 Å². The zero-order valence-corrected chi connectivity index (χ0v) is 10.5. The number of carbonyl (C=O) groups excluding carboxylic acids is 1. The van der Waals surface area contributed by atoms with E-state index < -0.39 is 0 Å². The molecule has 0 aliphatic heterocycles. The van der Waals surface area contributed by atoms with Gasteiger partial charge in [-0.05, 0) is 30.5 Å². The third kappa shape index (κ3) is 3.48. The van der Waals surface area contributed by atoms with Crippen LogP contribution in [0.15, 0.2) is 29.2 Å². The van der Waals surface area contributed by atoms with Gasteiger partial charge >= 0.3 is 0 Å². The van der Waals surface area contributed by atoms with Crippen LogP contribution in [-0.2, 0) is 11.2 Å². The first-order valence-electron chi connectivity index (χ1n) is 5.79. The number of carbonyl (C=O) groups is 1. The number of hydrogen-bond donors (Lipinski definition) is 3. The summed E-state index contributed by atoms with van der Waals surface area (Å²) in [5.74, 6) is 0.0108. The number of rotatable bonds is 5. The molecule has 1 aliphatic rings. The standard InChI is InChI=1S/C13H17NO2S/c15-9-13(5-6-13)8-14-12(16)7-10-1-3-11(17)4-2-10/h1-4,15,17H,5-9H2,(H,14,16). The SMILES string of the molecule is O=C(Cc1ccc(S)cc1)NCC1(CO)CC1. The second-order valence-electron chi connectivity index (χ2n) is 4.78. The number of hydrogen-bond acceptors (Lipinski definition) is 3. The van der Waals surface area contributed by atoms with Gasteiger partial charge in [0, 0.05) is 16.9 Å². The molecular formula is C13H17NO2S. The molecule has 4 heteroatoms. The third-order valence-corrected chi connectivity index (χ3v) is 3.55. The summed E-state index contributed by atoms with van der Waals surface area (Å²) in [5, 5.41) is 12.0. The van der Waals surface area contributed by atoms with Crippen LogP contribution in [-0.4, -0.2) is 24.2 Å². The van der Waals surface area contributed by atoms with E-state index in [4.69, 9.17) is 5.11 Å². The first-order chi connectivity index (χ1) is 8.13. The van der Waals surface area contributed by atoms with Crippen molar-refractivity contribution in [1.29, 1.82) is 0 Å². The summed E-state index contributed by atoms with van der Waals surface area (Å²) in [6.45, 7) is 0.759. The summed E-state index contributed by atoms with van der Waals surface area (Å²) in [6.07, 6.45) is 2.41. The van der Waals surface area contributed by atoms with Crippen LogP contribution in [0.25, 0.3) is 0 Å². The lowest BCUT2D eigenvalue weighted by molar-refractivity contribution is -0.120. The van der Waals surface area contributed by atoms with Gasteiger partial charge in [0.25, 0.3) is 0 Å². The van der Waals surface area contributed by atoms with Gasteiger partial charge < -0.3 is 10.4 Å². The van der Waals surface area contributed by atoms with Crippen molar-refractivity contribution in [1.82, 2.24) is 5.32 Å². The van der Waals surface area contributed by atoms with Crippen LogP contribution in [0.5, 0.6) is 0 Å². The predicted molar refractivity (Wildman–Crippen MR) is 69.2 cm³/mol. The zero-order chi connectivity index (χ0) is 12.3. The van der Waals surface area contributed by atoms with E-state index in [1.54, 1.807) is 0 Å². The number of aliphatic hydroxyl groups excluding tert-OH is 1. The molecule has 0 saturated heterocycles. The molecule has 0 atom stereocenters. The van der Waals surface area contributed by atoms with E-state index >= 15 is 0 Å². The Bertz CT molecular complexity index is 398. The maximum atomic E-state index is 11.7. The summed E-state index contributed by atoms with van der Waals surface area (Å²) in [4.78, 5) is 12.6. The lowest BCUT2D eigenvalue weighted by atomic mass is 10.1. The van der Waals surface area contributed by atoms with Gasteiger partial charge in [-0.15, -0.1) is 12.6 Å². The molecule has 1 aliphatic carbocycles. The van der Waals surface area contributed by atoms with Crippen molar-refractivity contribution in [3.05, 3.63) is 29.8 Å². The third-order valence-electron chi connectivity index (χ3n) is 3.25. The van der Waals surface area contributed by atoms with Gasteiger partial charge in [-0.25, -0.2) is 0 Å². The molecule has 1 saturated carbocycles. The van der Waals surface area contributed by atoms with E-state index in [1.165, 1.54) is 0 Å². The van der Waals surface area contributed by atoms with E-state index in [1.807, 2.05) is 24.3 Å². The average molecular weight is 251 g/mol. The number of aliphatic hydroxyl groups is 1. The topological polar surface area (TPSA) is 49.3 Å². The molecule has 1 amide bonds. The van der Waals surface area contributed by atoms with Gasteiger partial charge in [-0.2, -0.15) is 0 Å². The minimum absolute atomic E-state index is 0.0108. The highest BCUT2D eigenvalue weighted by Crippen LogP contribution is 2.44. The maximum absolute atomic E-state index is 11.7. The van der Waals surface area contributed by atoms with Crippen molar-refractivity contribution in [3.8, 4) is 0 Å². The van der Waals surface area contributed by atoms with Crippen molar-refractivity contribution in [2.75, 3.05) is 13.2 Å². The Morgan fingerprint density at radius 3 is 2.53 bits per heavy atom. The second-order valence-corrected chi connectivity index (χ2v) is 5.29. The smallest absolute Gasteiger partial charge is 0.224 e. The molecule has 17 heavy (non-hydrogen) atoms. The first kappa shape index (κ1) is 12.5. The van der Waals surface area contributed by atoms with Crippen molar-refractivity contribution in [3.63, 3.8) is 0 Å². The molecule has 0 unspecified atom stereocenters. The van der Waals surface area contributed by atoms with Crippen LogP contribution < -0.4 is 5.32 Å². The van der Waals surface area contributed by atoms with Crippen LogP contribution in [0.3, 0.4) is 0 Å². The highest BCUT2D eigenvalue weighted by Gasteiger charge is 2.41. The lowest BCUT2D eigenvalue weighted by Gasteiger charge is -2.12. The fourth-order valence-corrected chi connectivity index (χ4v) is 1.86. The fourth-order valence-electron chi connectivity index (χ4n) is 1.72. The largest absolute Gasteiger partial charge is 0.396 e. The molecule has 0 heterocycles. The molecule has 2 N–H and O–H groups in total. The monoisotopic (exact) mass is 251 g/mol. The van der Waals surface area contributed by atoms with Crippen molar-refractivity contribution >= 4 is 18.5 Å². The van der Waals surface area contributed by atoms with Crippen LogP contribution in [0.2, 0.25) is 0 Å².